The number of hydrogen-bond donors (Lipinski definition) is 1. The van der Waals surface area contributed by atoms with Gasteiger partial charge in [0.15, 0.2) is 0 Å². The van der Waals surface area contributed by atoms with Gasteiger partial charge in [-0.1, -0.05) is 57.6 Å². The van der Waals surface area contributed by atoms with Gasteiger partial charge in [0.1, 0.15) is 0 Å². The summed E-state index contributed by atoms with van der Waals surface area (Å²) in [6.45, 7) is 6.62. The molecular formula is C16H27ClN2O. The first kappa shape index (κ1) is 17.3. The van der Waals surface area contributed by atoms with Crippen molar-refractivity contribution in [1.29, 1.82) is 0 Å². The van der Waals surface area contributed by atoms with Gasteiger partial charge in [0.2, 0.25) is 5.88 Å². The number of nitrogens with zero attached hydrogens (tertiary/aromatic N) is 1. The molecule has 0 aromatic carbocycles. The molecule has 0 saturated carbocycles. The minimum atomic E-state index is 0.677. The molecule has 1 N–H and O–H groups in total. The fourth-order valence-corrected chi connectivity index (χ4v) is 2.14. The smallest absolute Gasteiger partial charge is 0.213 e. The summed E-state index contributed by atoms with van der Waals surface area (Å²) >= 11 is 6.11. The second-order valence-electron chi connectivity index (χ2n) is 4.97. The van der Waals surface area contributed by atoms with Gasteiger partial charge in [0.25, 0.3) is 0 Å². The third-order valence-corrected chi connectivity index (χ3v) is 3.53. The van der Waals surface area contributed by atoms with Gasteiger partial charge in [-0.15, -0.1) is 0 Å². The van der Waals surface area contributed by atoms with E-state index in [2.05, 4.69) is 24.1 Å². The molecule has 0 spiro atoms. The third kappa shape index (κ3) is 7.11. The molecule has 0 bridgehead atoms. The molecule has 1 aromatic rings. The lowest BCUT2D eigenvalue weighted by molar-refractivity contribution is 0.292. The van der Waals surface area contributed by atoms with E-state index in [0.717, 1.165) is 25.3 Å². The fraction of sp³-hybridized carbons (Fsp3) is 0.688. The number of unbranched alkanes of at least 4 members (excludes halogenated alkanes) is 5. The summed E-state index contributed by atoms with van der Waals surface area (Å²) in [6, 6.07) is 3.70. The molecule has 0 radical (unpaired) electrons. The van der Waals surface area contributed by atoms with Crippen LogP contribution in [0.2, 0.25) is 5.02 Å². The molecule has 20 heavy (non-hydrogen) atoms. The van der Waals surface area contributed by atoms with Crippen LogP contribution in [0.5, 0.6) is 5.88 Å². The highest BCUT2D eigenvalue weighted by Crippen LogP contribution is 2.18. The van der Waals surface area contributed by atoms with Crippen molar-refractivity contribution in [3.8, 4) is 5.88 Å². The van der Waals surface area contributed by atoms with E-state index in [1.54, 1.807) is 0 Å². The number of hydrogen-bond acceptors (Lipinski definition) is 3. The van der Waals surface area contributed by atoms with E-state index >= 15 is 0 Å². The van der Waals surface area contributed by atoms with Crippen molar-refractivity contribution in [3.63, 3.8) is 0 Å². The number of nitrogens with one attached hydrogen (secondary N) is 1. The largest absolute Gasteiger partial charge is 0.478 e. The first-order valence-corrected chi connectivity index (χ1v) is 8.14. The Morgan fingerprint density at radius 1 is 1.10 bits per heavy atom. The van der Waals surface area contributed by atoms with Gasteiger partial charge in [-0.3, -0.25) is 0 Å². The van der Waals surface area contributed by atoms with Gasteiger partial charge in [-0.25, -0.2) is 4.98 Å². The SMILES string of the molecule is CCCCCCCCOc1ccc(Cl)c(CNCC)n1. The van der Waals surface area contributed by atoms with Gasteiger partial charge in [-0.05, 0) is 19.0 Å². The van der Waals surface area contributed by atoms with Crippen molar-refractivity contribution < 1.29 is 4.74 Å². The molecule has 0 aliphatic heterocycles. The molecule has 1 aromatic heterocycles. The second-order valence-corrected chi connectivity index (χ2v) is 5.38. The van der Waals surface area contributed by atoms with E-state index < -0.39 is 0 Å². The van der Waals surface area contributed by atoms with Crippen molar-refractivity contribution in [2.75, 3.05) is 13.2 Å². The van der Waals surface area contributed by atoms with E-state index in [4.69, 9.17) is 16.3 Å². The predicted octanol–water partition coefficient (Wildman–Crippen LogP) is 4.58. The quantitative estimate of drug-likeness (QED) is 0.607. The van der Waals surface area contributed by atoms with Crippen molar-refractivity contribution in [2.24, 2.45) is 0 Å². The Bertz CT molecular complexity index is 371. The van der Waals surface area contributed by atoms with Crippen molar-refractivity contribution >= 4 is 11.6 Å². The van der Waals surface area contributed by atoms with Crippen molar-refractivity contribution in [3.05, 3.63) is 22.8 Å². The molecule has 1 rings (SSSR count). The topological polar surface area (TPSA) is 34.1 Å². The lowest BCUT2D eigenvalue weighted by atomic mass is 10.1. The lowest BCUT2D eigenvalue weighted by Crippen LogP contribution is -2.13. The fourth-order valence-electron chi connectivity index (χ4n) is 1.97. The lowest BCUT2D eigenvalue weighted by Gasteiger charge is -2.09. The normalized spacial score (nSPS) is 10.8. The summed E-state index contributed by atoms with van der Waals surface area (Å²) in [6.07, 6.45) is 7.60. The van der Waals surface area contributed by atoms with Crippen LogP contribution in [0.3, 0.4) is 0 Å². The minimum Gasteiger partial charge on any atom is -0.478 e. The first-order valence-electron chi connectivity index (χ1n) is 7.76. The first-order chi connectivity index (χ1) is 9.77. The third-order valence-electron chi connectivity index (χ3n) is 3.18. The highest BCUT2D eigenvalue weighted by molar-refractivity contribution is 6.31. The Balaban J connectivity index is 2.26. The average molecular weight is 299 g/mol. The van der Waals surface area contributed by atoms with Crippen LogP contribution in [0.4, 0.5) is 0 Å². The molecule has 0 amide bonds. The molecule has 114 valence electrons. The zero-order valence-corrected chi connectivity index (χ0v) is 13.5. The molecule has 1 heterocycles. The maximum Gasteiger partial charge on any atom is 0.213 e. The number of pyridine rings is 1. The predicted molar refractivity (Wildman–Crippen MR) is 85.5 cm³/mol. The van der Waals surface area contributed by atoms with Crippen molar-refractivity contribution in [1.82, 2.24) is 10.3 Å². The molecule has 0 fully saturated rings. The van der Waals surface area contributed by atoms with Crippen LogP contribution < -0.4 is 10.1 Å². The van der Waals surface area contributed by atoms with Crippen LogP contribution >= 0.6 is 11.6 Å². The Morgan fingerprint density at radius 2 is 1.85 bits per heavy atom. The highest BCUT2D eigenvalue weighted by Gasteiger charge is 2.04. The Labute approximate surface area is 128 Å². The van der Waals surface area contributed by atoms with Gasteiger partial charge < -0.3 is 10.1 Å². The summed E-state index contributed by atoms with van der Waals surface area (Å²) in [7, 11) is 0. The number of ether oxygens (including phenoxy) is 1. The van der Waals surface area contributed by atoms with Crippen LogP contribution in [0.15, 0.2) is 12.1 Å². The van der Waals surface area contributed by atoms with Crippen LogP contribution in [0, 0.1) is 0 Å². The zero-order chi connectivity index (χ0) is 14.6. The maximum atomic E-state index is 6.11. The maximum absolute atomic E-state index is 6.11. The van der Waals surface area contributed by atoms with Gasteiger partial charge in [0.05, 0.1) is 17.3 Å². The van der Waals surface area contributed by atoms with Gasteiger partial charge in [-0.2, -0.15) is 0 Å². The number of halogens is 1. The molecule has 0 aliphatic carbocycles. The Hall–Kier alpha value is -0.800. The molecular weight excluding hydrogens is 272 g/mol. The second kappa shape index (κ2) is 10.9. The van der Waals surface area contributed by atoms with Crippen LogP contribution in [-0.2, 0) is 6.54 Å². The average Bonchev–Trinajstić information content (AvgIpc) is 2.46. The van der Waals surface area contributed by atoms with Crippen molar-refractivity contribution in [2.45, 2.75) is 58.9 Å². The van der Waals surface area contributed by atoms with E-state index in [1.165, 1.54) is 32.1 Å². The van der Waals surface area contributed by atoms with Crippen LogP contribution in [-0.4, -0.2) is 18.1 Å². The molecule has 4 heteroatoms. The minimum absolute atomic E-state index is 0.677. The summed E-state index contributed by atoms with van der Waals surface area (Å²) in [5.74, 6) is 0.677. The van der Waals surface area contributed by atoms with Crippen LogP contribution in [0.1, 0.15) is 58.1 Å². The monoisotopic (exact) mass is 298 g/mol. The van der Waals surface area contributed by atoms with E-state index in [9.17, 15) is 0 Å². The van der Waals surface area contributed by atoms with E-state index in [0.29, 0.717) is 17.4 Å². The number of aromatic nitrogens is 1. The summed E-state index contributed by atoms with van der Waals surface area (Å²) in [4.78, 5) is 4.44. The summed E-state index contributed by atoms with van der Waals surface area (Å²) in [5, 5.41) is 3.92. The standard InChI is InChI=1S/C16H27ClN2O/c1-3-5-6-7-8-9-12-20-16-11-10-14(17)15(19-16)13-18-4-2/h10-11,18H,3-9,12-13H2,1-2H3. The van der Waals surface area contributed by atoms with Gasteiger partial charge >= 0.3 is 0 Å². The molecule has 0 unspecified atom stereocenters. The van der Waals surface area contributed by atoms with Crippen LogP contribution in [0.25, 0.3) is 0 Å². The summed E-state index contributed by atoms with van der Waals surface area (Å²) < 4.78 is 5.69. The summed E-state index contributed by atoms with van der Waals surface area (Å²) in [5.41, 5.74) is 0.856. The Kier molecular flexibility index (Phi) is 9.42. The number of rotatable bonds is 11. The molecule has 0 saturated heterocycles. The molecule has 0 atom stereocenters. The van der Waals surface area contributed by atoms with E-state index in [1.807, 2.05) is 12.1 Å². The Morgan fingerprint density at radius 3 is 2.60 bits per heavy atom. The molecule has 0 aliphatic rings. The highest BCUT2D eigenvalue weighted by atomic mass is 35.5. The zero-order valence-electron chi connectivity index (χ0n) is 12.8. The van der Waals surface area contributed by atoms with E-state index in [-0.39, 0.29) is 0 Å². The molecule has 3 nitrogen and oxygen atoms in total. The van der Waals surface area contributed by atoms with Gasteiger partial charge in [0, 0.05) is 12.6 Å².